The van der Waals surface area contributed by atoms with Gasteiger partial charge in [-0.25, -0.2) is 23.7 Å². The lowest BCUT2D eigenvalue weighted by molar-refractivity contribution is -0.186. The summed E-state index contributed by atoms with van der Waals surface area (Å²) in [5.74, 6) is -1.65. The summed E-state index contributed by atoms with van der Waals surface area (Å²) in [4.78, 5) is 30.0. The molecule has 3 N–H and O–H groups in total. The third kappa shape index (κ3) is 29.8. The number of aromatic nitrogens is 6. The summed E-state index contributed by atoms with van der Waals surface area (Å²) >= 11 is 0. The number of alkyl halides is 7. The number of halogens is 7. The van der Waals surface area contributed by atoms with E-state index in [0.29, 0.717) is 58.9 Å². The molecule has 0 radical (unpaired) electrons. The summed E-state index contributed by atoms with van der Waals surface area (Å²) in [6, 6.07) is 48.6. The molecule has 0 aliphatic rings. The molecular formula is C91H115F7N8O4. The Labute approximate surface area is 649 Å². The molecule has 0 saturated heterocycles. The molecule has 4 aromatic heterocycles. The molecule has 2 unspecified atom stereocenters. The smallest absolute Gasteiger partial charge is 0.386 e. The van der Waals surface area contributed by atoms with Gasteiger partial charge in [-0.15, -0.1) is 0 Å². The predicted octanol–water partition coefficient (Wildman–Crippen LogP) is 24.9. The third-order valence-electron chi connectivity index (χ3n) is 18.2. The Bertz CT molecular complexity index is 4400. The van der Waals surface area contributed by atoms with Crippen LogP contribution in [0.4, 0.5) is 42.5 Å². The van der Waals surface area contributed by atoms with Crippen molar-refractivity contribution in [2.45, 2.75) is 211 Å². The number of nitrogens with zero attached hydrogens (tertiary/aromatic N) is 6. The van der Waals surface area contributed by atoms with Crippen LogP contribution >= 0.6 is 0 Å². The molecule has 2 atom stereocenters. The number of pyridine rings is 2. The molecule has 0 bridgehead atoms. The average molecular weight is 1520 g/mol. The lowest BCUT2D eigenvalue weighted by Crippen LogP contribution is -2.21. The number of carbonyl (C=O) groups excluding carboxylic acids is 1. The molecular weight excluding hydrogens is 1400 g/mol. The average Bonchev–Trinajstić information content (AvgIpc) is 1.61. The fourth-order valence-electron chi connectivity index (χ4n) is 11.6. The molecule has 592 valence electrons. The lowest BCUT2D eigenvalue weighted by atomic mass is 9.94. The number of rotatable bonds is 22. The van der Waals surface area contributed by atoms with Gasteiger partial charge in [-0.2, -0.15) is 27.1 Å². The first-order chi connectivity index (χ1) is 51.6. The van der Waals surface area contributed by atoms with Gasteiger partial charge in [-0.1, -0.05) is 217 Å². The van der Waals surface area contributed by atoms with E-state index in [-0.39, 0.29) is 18.2 Å². The molecule has 19 heteroatoms. The Morgan fingerprint density at radius 1 is 0.491 bits per heavy atom. The maximum Gasteiger partial charge on any atom is 0.411 e. The van der Waals surface area contributed by atoms with Gasteiger partial charge in [-0.05, 0) is 177 Å². The number of aliphatic hydroxyl groups is 1. The molecule has 0 spiro atoms. The fourth-order valence-corrected chi connectivity index (χ4v) is 11.6. The van der Waals surface area contributed by atoms with Gasteiger partial charge in [-0.3, -0.25) is 14.9 Å². The van der Waals surface area contributed by atoms with Gasteiger partial charge in [0.2, 0.25) is 11.9 Å². The Kier molecular flexibility index (Phi) is 35.4. The molecule has 12 nitrogen and oxygen atoms in total. The number of nitrogens with one attached hydrogen (secondary N) is 2. The van der Waals surface area contributed by atoms with Gasteiger partial charge in [0.25, 0.3) is 11.8 Å². The van der Waals surface area contributed by atoms with Gasteiger partial charge < -0.3 is 24.8 Å². The van der Waals surface area contributed by atoms with Crippen LogP contribution in [0.1, 0.15) is 237 Å². The fraction of sp³-hybridized carbons (Fsp3) is 0.407. The van der Waals surface area contributed by atoms with Crippen LogP contribution < -0.4 is 10.2 Å². The van der Waals surface area contributed by atoms with Crippen molar-refractivity contribution in [2.75, 3.05) is 44.1 Å². The summed E-state index contributed by atoms with van der Waals surface area (Å²) in [5, 5.41) is 18.6. The zero-order valence-electron chi connectivity index (χ0n) is 68.3. The number of H-pyrrole nitrogens is 1. The second-order valence-corrected chi connectivity index (χ2v) is 30.1. The first-order valence-electron chi connectivity index (χ1n) is 37.6. The van der Waals surface area contributed by atoms with Crippen molar-refractivity contribution in [3.05, 3.63) is 255 Å². The van der Waals surface area contributed by atoms with Crippen LogP contribution in [0.15, 0.2) is 183 Å². The third-order valence-corrected chi connectivity index (χ3v) is 18.2. The molecule has 0 aliphatic carbocycles. The first kappa shape index (κ1) is 91.2. The molecule has 10 aromatic rings. The van der Waals surface area contributed by atoms with E-state index in [4.69, 9.17) is 9.47 Å². The number of aryl methyl sites for hydroxylation is 4. The highest BCUT2D eigenvalue weighted by Crippen LogP contribution is 2.37. The Morgan fingerprint density at radius 3 is 1.25 bits per heavy atom. The number of aliphatic hydroxyl groups excluding tert-OH is 1. The number of benzene rings is 6. The number of aromatic amines is 1. The molecule has 0 fully saturated rings. The number of anilines is 2. The number of amides is 1. The Balaban J connectivity index is 0.000000237. The lowest BCUT2D eigenvalue weighted by Gasteiger charge is -2.18. The van der Waals surface area contributed by atoms with E-state index in [9.17, 15) is 40.6 Å². The number of carbonyl (C=O) groups is 1. The van der Waals surface area contributed by atoms with Gasteiger partial charge in [0.1, 0.15) is 30.8 Å². The summed E-state index contributed by atoms with van der Waals surface area (Å²) in [6.45, 7) is 37.1. The molecule has 10 rings (SSSR count). The predicted molar refractivity (Wildman–Crippen MR) is 437 cm³/mol. The topological polar surface area (TPSA) is 151 Å². The van der Waals surface area contributed by atoms with Crippen molar-refractivity contribution in [2.24, 2.45) is 0 Å². The Hall–Kier alpha value is -9.43. The minimum Gasteiger partial charge on any atom is -0.386 e. The van der Waals surface area contributed by atoms with Crippen LogP contribution in [-0.4, -0.2) is 87.2 Å². The van der Waals surface area contributed by atoms with Crippen molar-refractivity contribution in [3.8, 4) is 44.5 Å². The van der Waals surface area contributed by atoms with E-state index >= 15 is 0 Å². The van der Waals surface area contributed by atoms with E-state index in [1.165, 1.54) is 85.4 Å². The van der Waals surface area contributed by atoms with E-state index in [1.807, 2.05) is 124 Å². The monoisotopic (exact) mass is 1520 g/mol. The van der Waals surface area contributed by atoms with Crippen LogP contribution in [0.2, 0.25) is 0 Å². The van der Waals surface area contributed by atoms with Crippen LogP contribution in [0.25, 0.3) is 44.5 Å². The van der Waals surface area contributed by atoms with Crippen molar-refractivity contribution in [1.29, 1.82) is 0 Å². The molecule has 6 aromatic carbocycles. The van der Waals surface area contributed by atoms with Crippen molar-refractivity contribution >= 4 is 17.7 Å². The maximum absolute atomic E-state index is 13.5. The minimum absolute atomic E-state index is 0.109. The zero-order chi connectivity index (χ0) is 82.0. The molecule has 0 aliphatic heterocycles. The van der Waals surface area contributed by atoms with Crippen LogP contribution in [0.5, 0.6) is 0 Å². The minimum atomic E-state index is -4.27. The van der Waals surface area contributed by atoms with E-state index in [1.54, 1.807) is 24.5 Å². The van der Waals surface area contributed by atoms with Crippen LogP contribution in [0, 0.1) is 27.7 Å². The normalized spacial score (nSPS) is 12.0. The van der Waals surface area contributed by atoms with Crippen LogP contribution in [-0.2, 0) is 20.2 Å². The van der Waals surface area contributed by atoms with Crippen molar-refractivity contribution in [3.63, 3.8) is 0 Å². The van der Waals surface area contributed by atoms with Crippen LogP contribution in [0.3, 0.4) is 0 Å². The van der Waals surface area contributed by atoms with E-state index < -0.39 is 43.4 Å². The van der Waals surface area contributed by atoms with Gasteiger partial charge in [0, 0.05) is 88.1 Å². The van der Waals surface area contributed by atoms with Gasteiger partial charge >= 0.3 is 6.18 Å². The highest BCUT2D eigenvalue weighted by Gasteiger charge is 2.31. The second kappa shape index (κ2) is 42.7. The molecule has 1 amide bonds. The van der Waals surface area contributed by atoms with E-state index in [2.05, 4.69) is 200 Å². The molecule has 0 saturated carbocycles. The largest absolute Gasteiger partial charge is 0.411 e. The SMILES string of the molecule is CC(=O)Nc1ccc(-c2ccc(C(C)C)cc2C)cn1.CC(C)c1ccc(C(O)COCC(C)(F)F)cc1.CCC(OCC(F)(F)F)c1ccc(C(C)C)cc1.Cc1cc(C(C)C)ccc1-c1cccnc1.Cc1cc(C(C)C)ccc1-c1cn[nH]c1C(C)(F)F.Cc1cc(C(C)C)ccc1-c1cnc(N(C)C)nc1. The Morgan fingerprint density at radius 2 is 0.891 bits per heavy atom. The number of hydrogen-bond donors (Lipinski definition) is 3. The summed E-state index contributed by atoms with van der Waals surface area (Å²) in [7, 11) is 3.88. The van der Waals surface area contributed by atoms with Gasteiger partial charge in [0.15, 0.2) is 0 Å². The van der Waals surface area contributed by atoms with Crippen molar-refractivity contribution < 1.29 is 50.1 Å². The maximum atomic E-state index is 13.5. The number of ether oxygens (including phenoxy) is 2. The highest BCUT2D eigenvalue weighted by molar-refractivity contribution is 5.87. The quantitative estimate of drug-likeness (QED) is 0.0559. The van der Waals surface area contributed by atoms with E-state index in [0.717, 1.165) is 47.6 Å². The first-order valence-corrected chi connectivity index (χ1v) is 37.6. The summed E-state index contributed by atoms with van der Waals surface area (Å²) in [6.07, 6.45) is 5.65. The molecule has 4 heterocycles. The second-order valence-electron chi connectivity index (χ2n) is 30.1. The summed E-state index contributed by atoms with van der Waals surface area (Å²) < 4.78 is 98.1. The molecule has 110 heavy (non-hydrogen) atoms. The van der Waals surface area contributed by atoms with Gasteiger partial charge in [0.05, 0.1) is 18.9 Å². The standard InChI is InChI=1S/C17H20N2O.C16H21N3.C15H18F2N2.C15H17N.C14H19F3O.C14H20F2O2/c1-11(2)14-5-7-16(12(3)9-14)15-6-8-17(18-10-15)19-13(4)20;1-11(2)13-6-7-15(12(3)8-13)14-9-17-16(18-10-14)19(4)5;1-9(2)11-5-6-12(10(3)7-11)13-8-18-19-14(13)15(4,16)17;1-11(2)13-6-7-15(12(3)9-13)14-5-4-8-16-10-14;1-4-13(18-9-14(15,16)17)12-7-5-11(6-8-12)10(2)3;1-10(2)11-4-6-12(7-5-11)13(17)8-18-9-14(3,15)16/h5-11H,1-4H3,(H,18,19,20);6-11H,1-5H3;5-9H,1-4H3,(H,18,19);4-11H,1-3H3;5-8,10,13H,4,9H2,1-3H3;4-7,10,13,17H,8-9H2,1-3H3. The number of hydrogen-bond acceptors (Lipinski definition) is 10. The zero-order valence-corrected chi connectivity index (χ0v) is 68.3. The highest BCUT2D eigenvalue weighted by atomic mass is 19.4. The van der Waals surface area contributed by atoms with Crippen molar-refractivity contribution in [1.82, 2.24) is 30.1 Å². The summed E-state index contributed by atoms with van der Waals surface area (Å²) in [5.41, 5.74) is 22.1.